The number of nitrogens with zero attached hydrogens (tertiary/aromatic N) is 1. The summed E-state index contributed by atoms with van der Waals surface area (Å²) in [6.45, 7) is 7.17. The quantitative estimate of drug-likeness (QED) is 0.880. The first-order chi connectivity index (χ1) is 10.1. The Hall–Kier alpha value is -0.570. The molecule has 1 unspecified atom stereocenters. The third-order valence-electron chi connectivity index (χ3n) is 5.00. The second kappa shape index (κ2) is 7.62. The highest BCUT2D eigenvalue weighted by atomic mass is 35.5. The van der Waals surface area contributed by atoms with Gasteiger partial charge in [0.25, 0.3) is 0 Å². The van der Waals surface area contributed by atoms with E-state index in [-0.39, 0.29) is 5.54 Å². The second-order valence-corrected chi connectivity index (χ2v) is 7.10. The smallest absolute Gasteiger partial charge is 0.0438 e. The molecule has 1 saturated heterocycles. The Kier molecular flexibility index (Phi) is 6.09. The van der Waals surface area contributed by atoms with Gasteiger partial charge in [0.05, 0.1) is 0 Å². The van der Waals surface area contributed by atoms with Crippen molar-refractivity contribution in [2.75, 3.05) is 20.1 Å². The number of nitrogens with one attached hydrogen (secondary N) is 1. The normalized spacial score (nSPS) is 19.2. The van der Waals surface area contributed by atoms with E-state index in [1.54, 1.807) is 0 Å². The number of rotatable bonds is 5. The fourth-order valence-corrected chi connectivity index (χ4v) is 3.67. The van der Waals surface area contributed by atoms with Gasteiger partial charge in [0.15, 0.2) is 0 Å². The number of benzene rings is 1. The van der Waals surface area contributed by atoms with Gasteiger partial charge >= 0.3 is 0 Å². The molecule has 21 heavy (non-hydrogen) atoms. The van der Waals surface area contributed by atoms with Gasteiger partial charge in [-0.3, -0.25) is 4.90 Å². The zero-order valence-corrected chi connectivity index (χ0v) is 14.4. The van der Waals surface area contributed by atoms with Crippen LogP contribution >= 0.6 is 11.6 Å². The third kappa shape index (κ3) is 4.21. The molecule has 3 heteroatoms. The number of hydrogen-bond donors (Lipinski definition) is 1. The topological polar surface area (TPSA) is 15.3 Å². The highest BCUT2D eigenvalue weighted by Gasteiger charge is 2.34. The van der Waals surface area contributed by atoms with Gasteiger partial charge in [-0.15, -0.1) is 0 Å². The molecule has 0 saturated carbocycles. The van der Waals surface area contributed by atoms with Crippen molar-refractivity contribution in [1.82, 2.24) is 10.2 Å². The van der Waals surface area contributed by atoms with Crippen molar-refractivity contribution >= 4 is 11.6 Å². The number of halogens is 1. The van der Waals surface area contributed by atoms with E-state index in [9.17, 15) is 0 Å². The molecule has 1 aliphatic heterocycles. The first-order valence-electron chi connectivity index (χ1n) is 8.21. The second-order valence-electron chi connectivity index (χ2n) is 6.69. The molecule has 1 aromatic carbocycles. The Morgan fingerprint density at radius 2 is 1.76 bits per heavy atom. The Balaban J connectivity index is 2.12. The van der Waals surface area contributed by atoms with Crippen molar-refractivity contribution in [1.29, 1.82) is 0 Å². The monoisotopic (exact) mass is 308 g/mol. The van der Waals surface area contributed by atoms with Gasteiger partial charge in [-0.25, -0.2) is 0 Å². The highest BCUT2D eigenvalue weighted by molar-refractivity contribution is 6.31. The van der Waals surface area contributed by atoms with Crippen LogP contribution in [-0.4, -0.2) is 36.6 Å². The lowest BCUT2D eigenvalue weighted by Gasteiger charge is -2.44. The minimum atomic E-state index is 0.137. The first-order valence-corrected chi connectivity index (χ1v) is 8.59. The molecule has 0 aliphatic carbocycles. The molecule has 1 heterocycles. The molecule has 1 aromatic rings. The van der Waals surface area contributed by atoms with Crippen molar-refractivity contribution in [3.8, 4) is 0 Å². The molecule has 0 spiro atoms. The van der Waals surface area contributed by atoms with Crippen LogP contribution in [0.15, 0.2) is 24.3 Å². The van der Waals surface area contributed by atoms with E-state index in [1.165, 1.54) is 44.3 Å². The lowest BCUT2D eigenvalue weighted by Crippen LogP contribution is -2.58. The number of likely N-dealkylation sites (tertiary alicyclic amines) is 1. The largest absolute Gasteiger partial charge is 0.315 e. The first kappa shape index (κ1) is 16.8. The van der Waals surface area contributed by atoms with E-state index in [4.69, 9.17) is 11.6 Å². The van der Waals surface area contributed by atoms with Crippen LogP contribution in [0, 0.1) is 0 Å². The van der Waals surface area contributed by atoms with Crippen molar-refractivity contribution in [3.63, 3.8) is 0 Å². The van der Waals surface area contributed by atoms with E-state index in [0.717, 1.165) is 11.4 Å². The van der Waals surface area contributed by atoms with Gasteiger partial charge in [-0.2, -0.15) is 0 Å². The van der Waals surface area contributed by atoms with Crippen LogP contribution in [-0.2, 0) is 6.42 Å². The molecule has 2 nitrogen and oxygen atoms in total. The van der Waals surface area contributed by atoms with Gasteiger partial charge in [0.2, 0.25) is 0 Å². The summed E-state index contributed by atoms with van der Waals surface area (Å²) in [6.07, 6.45) is 6.38. The molecule has 0 amide bonds. The summed E-state index contributed by atoms with van der Waals surface area (Å²) in [4.78, 5) is 2.66. The molecule has 0 radical (unpaired) electrons. The number of hydrogen-bond acceptors (Lipinski definition) is 2. The van der Waals surface area contributed by atoms with Crippen LogP contribution < -0.4 is 5.32 Å². The van der Waals surface area contributed by atoms with Crippen LogP contribution in [0.4, 0.5) is 0 Å². The molecule has 1 N–H and O–H groups in total. The van der Waals surface area contributed by atoms with Gasteiger partial charge < -0.3 is 5.32 Å². The van der Waals surface area contributed by atoms with Crippen LogP contribution in [0.1, 0.15) is 45.1 Å². The summed E-state index contributed by atoms with van der Waals surface area (Å²) in [5, 5.41) is 4.41. The van der Waals surface area contributed by atoms with Crippen molar-refractivity contribution in [3.05, 3.63) is 34.9 Å². The maximum Gasteiger partial charge on any atom is 0.0438 e. The summed E-state index contributed by atoms with van der Waals surface area (Å²) in [6, 6.07) is 8.61. The van der Waals surface area contributed by atoms with E-state index < -0.39 is 0 Å². The molecule has 118 valence electrons. The summed E-state index contributed by atoms with van der Waals surface area (Å²) in [5.74, 6) is 0. The maximum absolute atomic E-state index is 6.35. The van der Waals surface area contributed by atoms with Crippen molar-refractivity contribution in [2.45, 2.75) is 57.5 Å². The van der Waals surface area contributed by atoms with Crippen LogP contribution in [0.2, 0.25) is 5.02 Å². The molecular formula is C18H29ClN2. The third-order valence-corrected chi connectivity index (χ3v) is 5.37. The maximum atomic E-state index is 6.35. The van der Waals surface area contributed by atoms with Crippen LogP contribution in [0.25, 0.3) is 0 Å². The molecule has 0 bridgehead atoms. The predicted molar refractivity (Wildman–Crippen MR) is 92.1 cm³/mol. The van der Waals surface area contributed by atoms with Gasteiger partial charge in [-0.1, -0.05) is 42.6 Å². The lowest BCUT2D eigenvalue weighted by molar-refractivity contribution is 0.0865. The SMILES string of the molecule is CNC(Cc1ccccc1Cl)C(C)(C)N1CCCCCC1. The van der Waals surface area contributed by atoms with Crippen LogP contribution in [0.5, 0.6) is 0 Å². The molecular weight excluding hydrogens is 280 g/mol. The van der Waals surface area contributed by atoms with Gasteiger partial charge in [0.1, 0.15) is 0 Å². The van der Waals surface area contributed by atoms with Crippen molar-refractivity contribution in [2.24, 2.45) is 0 Å². The zero-order chi connectivity index (χ0) is 15.3. The highest BCUT2D eigenvalue weighted by Crippen LogP contribution is 2.27. The summed E-state index contributed by atoms with van der Waals surface area (Å²) in [5.41, 5.74) is 1.37. The van der Waals surface area contributed by atoms with Gasteiger partial charge in [-0.05, 0) is 64.9 Å². The Morgan fingerprint density at radius 1 is 1.14 bits per heavy atom. The Bertz CT molecular complexity index is 437. The average Bonchev–Trinajstić information content (AvgIpc) is 2.75. The minimum Gasteiger partial charge on any atom is -0.315 e. The predicted octanol–water partition coefficient (Wildman–Crippen LogP) is 4.13. The van der Waals surface area contributed by atoms with E-state index >= 15 is 0 Å². The van der Waals surface area contributed by atoms with E-state index in [1.807, 2.05) is 12.1 Å². The summed E-state index contributed by atoms with van der Waals surface area (Å²) in [7, 11) is 2.07. The van der Waals surface area contributed by atoms with Gasteiger partial charge in [0, 0.05) is 16.6 Å². The fourth-order valence-electron chi connectivity index (χ4n) is 3.46. The Morgan fingerprint density at radius 3 is 2.33 bits per heavy atom. The van der Waals surface area contributed by atoms with E-state index in [0.29, 0.717) is 6.04 Å². The summed E-state index contributed by atoms with van der Waals surface area (Å²) >= 11 is 6.35. The molecule has 0 aromatic heterocycles. The standard InChI is InChI=1S/C18H29ClN2/c1-18(2,21-12-8-4-5-9-13-21)17(20-3)14-15-10-6-7-11-16(15)19/h6-7,10-11,17,20H,4-5,8-9,12-14H2,1-3H3. The Labute approximate surface area is 134 Å². The molecule has 1 aliphatic rings. The van der Waals surface area contributed by atoms with Crippen molar-refractivity contribution < 1.29 is 0 Å². The molecule has 1 fully saturated rings. The molecule has 2 rings (SSSR count). The average molecular weight is 309 g/mol. The van der Waals surface area contributed by atoms with Crippen LogP contribution in [0.3, 0.4) is 0 Å². The zero-order valence-electron chi connectivity index (χ0n) is 13.7. The minimum absolute atomic E-state index is 0.137. The molecule has 1 atom stereocenters. The lowest BCUT2D eigenvalue weighted by atomic mass is 9.87. The fraction of sp³-hybridized carbons (Fsp3) is 0.667. The number of likely N-dealkylation sites (N-methyl/N-ethyl adjacent to an activating group) is 1. The van der Waals surface area contributed by atoms with E-state index in [2.05, 4.69) is 43.2 Å². The summed E-state index contributed by atoms with van der Waals surface area (Å²) < 4.78 is 0.